The van der Waals surface area contributed by atoms with E-state index in [2.05, 4.69) is 50.1 Å². The quantitative estimate of drug-likeness (QED) is 0.773. The van der Waals surface area contributed by atoms with E-state index in [1.165, 1.54) is 5.56 Å². The summed E-state index contributed by atoms with van der Waals surface area (Å²) in [5, 5.41) is 11.8. The molecule has 3 heterocycles. The van der Waals surface area contributed by atoms with Gasteiger partial charge in [0.25, 0.3) is 0 Å². The Balaban J connectivity index is 1.34. The fraction of sp³-hybridized carbons (Fsp3) is 0.381. The molecule has 0 atom stereocenters. The van der Waals surface area contributed by atoms with Crippen LogP contribution in [-0.2, 0) is 4.79 Å². The number of anilines is 1. The molecule has 6 nitrogen and oxygen atoms in total. The van der Waals surface area contributed by atoms with Gasteiger partial charge in [-0.2, -0.15) is 0 Å². The molecule has 1 N–H and O–H groups in total. The molecule has 0 bridgehead atoms. The lowest BCUT2D eigenvalue weighted by atomic mass is 9.96. The van der Waals surface area contributed by atoms with Gasteiger partial charge in [-0.3, -0.25) is 14.1 Å². The molecule has 1 aliphatic heterocycles. The van der Waals surface area contributed by atoms with Crippen LogP contribution in [0.2, 0.25) is 0 Å². The first kappa shape index (κ1) is 17.7. The van der Waals surface area contributed by atoms with E-state index in [0.29, 0.717) is 12.5 Å². The van der Waals surface area contributed by atoms with Crippen molar-refractivity contribution in [3.63, 3.8) is 0 Å². The Morgan fingerprint density at radius 2 is 1.93 bits per heavy atom. The van der Waals surface area contributed by atoms with Gasteiger partial charge in [0.05, 0.1) is 6.54 Å². The number of aryl methyl sites for hydroxylation is 2. The third-order valence-electron chi connectivity index (χ3n) is 5.33. The standard InChI is InChI=1S/C21H25N5O/c1-15-7-12-26-19(13-15)23-24-21(26)17-8-10-25(11-9-17)14-20(27)22-18-6-4-3-5-16(18)2/h3-7,12-13,17H,8-11,14H2,1-2H3,(H,22,27). The van der Waals surface area contributed by atoms with Crippen molar-refractivity contribution in [3.05, 3.63) is 59.5 Å². The largest absolute Gasteiger partial charge is 0.325 e. The Morgan fingerprint density at radius 1 is 1.15 bits per heavy atom. The van der Waals surface area contributed by atoms with Gasteiger partial charge >= 0.3 is 0 Å². The summed E-state index contributed by atoms with van der Waals surface area (Å²) in [6.45, 7) is 6.29. The topological polar surface area (TPSA) is 62.5 Å². The molecule has 140 valence electrons. The van der Waals surface area contributed by atoms with Crippen molar-refractivity contribution in [3.8, 4) is 0 Å². The van der Waals surface area contributed by atoms with Crippen molar-refractivity contribution in [2.45, 2.75) is 32.6 Å². The second-order valence-electron chi connectivity index (χ2n) is 7.40. The average molecular weight is 363 g/mol. The summed E-state index contributed by atoms with van der Waals surface area (Å²) in [5.41, 5.74) is 4.07. The van der Waals surface area contributed by atoms with Crippen LogP contribution in [0.25, 0.3) is 5.65 Å². The van der Waals surface area contributed by atoms with E-state index in [9.17, 15) is 4.79 Å². The predicted octanol–water partition coefficient (Wildman–Crippen LogP) is 3.16. The number of carbonyl (C=O) groups excluding carboxylic acids is 1. The molecule has 3 aromatic rings. The maximum Gasteiger partial charge on any atom is 0.238 e. The van der Waals surface area contributed by atoms with Gasteiger partial charge in [0, 0.05) is 17.8 Å². The Kier molecular flexibility index (Phi) is 4.90. The highest BCUT2D eigenvalue weighted by atomic mass is 16.2. The van der Waals surface area contributed by atoms with E-state index in [-0.39, 0.29) is 5.91 Å². The molecule has 0 saturated carbocycles. The fourth-order valence-corrected chi connectivity index (χ4v) is 3.74. The van der Waals surface area contributed by atoms with Crippen molar-refractivity contribution in [2.75, 3.05) is 25.0 Å². The molecular formula is C21H25N5O. The van der Waals surface area contributed by atoms with E-state index in [1.54, 1.807) is 0 Å². The van der Waals surface area contributed by atoms with E-state index < -0.39 is 0 Å². The average Bonchev–Trinajstić information content (AvgIpc) is 3.07. The van der Waals surface area contributed by atoms with Gasteiger partial charge in [-0.1, -0.05) is 18.2 Å². The molecule has 1 fully saturated rings. The second-order valence-corrected chi connectivity index (χ2v) is 7.40. The minimum atomic E-state index is 0.0474. The summed E-state index contributed by atoms with van der Waals surface area (Å²) in [6, 6.07) is 12.0. The summed E-state index contributed by atoms with van der Waals surface area (Å²) in [4.78, 5) is 14.6. The SMILES string of the molecule is Cc1ccn2c(C3CCN(CC(=O)Nc4ccccc4C)CC3)nnc2c1. The smallest absolute Gasteiger partial charge is 0.238 e. The zero-order valence-corrected chi connectivity index (χ0v) is 15.9. The van der Waals surface area contributed by atoms with E-state index >= 15 is 0 Å². The zero-order valence-electron chi connectivity index (χ0n) is 15.9. The lowest BCUT2D eigenvalue weighted by Crippen LogP contribution is -2.39. The van der Waals surface area contributed by atoms with Crippen molar-refractivity contribution in [1.82, 2.24) is 19.5 Å². The number of para-hydroxylation sites is 1. The van der Waals surface area contributed by atoms with E-state index in [1.807, 2.05) is 31.2 Å². The Labute approximate surface area is 159 Å². The molecule has 4 rings (SSSR count). The number of likely N-dealkylation sites (tertiary alicyclic amines) is 1. The van der Waals surface area contributed by atoms with Crippen LogP contribution in [0.5, 0.6) is 0 Å². The normalized spacial score (nSPS) is 15.9. The monoisotopic (exact) mass is 363 g/mol. The van der Waals surface area contributed by atoms with Crippen molar-refractivity contribution in [1.29, 1.82) is 0 Å². The Morgan fingerprint density at radius 3 is 2.70 bits per heavy atom. The Hall–Kier alpha value is -2.73. The van der Waals surface area contributed by atoms with E-state index in [4.69, 9.17) is 0 Å². The molecule has 0 aliphatic carbocycles. The van der Waals surface area contributed by atoms with Crippen molar-refractivity contribution in [2.24, 2.45) is 0 Å². The number of hydrogen-bond donors (Lipinski definition) is 1. The molecule has 2 aromatic heterocycles. The lowest BCUT2D eigenvalue weighted by Gasteiger charge is -2.30. The molecule has 1 amide bonds. The number of piperidine rings is 1. The molecule has 1 saturated heterocycles. The number of benzene rings is 1. The Bertz CT molecular complexity index is 956. The first-order valence-electron chi connectivity index (χ1n) is 9.49. The molecule has 0 spiro atoms. The van der Waals surface area contributed by atoms with Gasteiger partial charge in [0.2, 0.25) is 5.91 Å². The summed E-state index contributed by atoms with van der Waals surface area (Å²) >= 11 is 0. The number of hydrogen-bond acceptors (Lipinski definition) is 4. The minimum absolute atomic E-state index is 0.0474. The van der Waals surface area contributed by atoms with Crippen LogP contribution in [0.3, 0.4) is 0 Å². The highest BCUT2D eigenvalue weighted by Gasteiger charge is 2.25. The molecule has 27 heavy (non-hydrogen) atoms. The molecular weight excluding hydrogens is 338 g/mol. The van der Waals surface area contributed by atoms with Gasteiger partial charge < -0.3 is 5.32 Å². The number of amides is 1. The maximum atomic E-state index is 12.4. The van der Waals surface area contributed by atoms with Crippen LogP contribution in [0, 0.1) is 13.8 Å². The second kappa shape index (κ2) is 7.48. The molecule has 0 unspecified atom stereocenters. The number of rotatable bonds is 4. The summed E-state index contributed by atoms with van der Waals surface area (Å²) in [6.07, 6.45) is 4.04. The van der Waals surface area contributed by atoms with Crippen LogP contribution < -0.4 is 5.32 Å². The number of fused-ring (bicyclic) bond motifs is 1. The first-order valence-corrected chi connectivity index (χ1v) is 9.49. The number of nitrogens with one attached hydrogen (secondary N) is 1. The summed E-state index contributed by atoms with van der Waals surface area (Å²) < 4.78 is 2.10. The van der Waals surface area contributed by atoms with Crippen molar-refractivity contribution >= 4 is 17.2 Å². The van der Waals surface area contributed by atoms with Crippen molar-refractivity contribution < 1.29 is 4.79 Å². The molecule has 6 heteroatoms. The zero-order chi connectivity index (χ0) is 18.8. The van der Waals surface area contributed by atoms with Gasteiger partial charge in [-0.05, 0) is 69.1 Å². The molecule has 0 radical (unpaired) electrons. The number of nitrogens with zero attached hydrogens (tertiary/aromatic N) is 4. The molecule has 1 aliphatic rings. The lowest BCUT2D eigenvalue weighted by molar-refractivity contribution is -0.117. The van der Waals surface area contributed by atoms with Crippen LogP contribution in [0.15, 0.2) is 42.6 Å². The highest BCUT2D eigenvalue weighted by Crippen LogP contribution is 2.27. The third-order valence-corrected chi connectivity index (χ3v) is 5.33. The summed E-state index contributed by atoms with van der Waals surface area (Å²) in [5.74, 6) is 1.47. The van der Waals surface area contributed by atoms with Gasteiger partial charge in [0.1, 0.15) is 5.82 Å². The first-order chi connectivity index (χ1) is 13.1. The van der Waals surface area contributed by atoms with Crippen LogP contribution in [0.1, 0.15) is 35.7 Å². The highest BCUT2D eigenvalue weighted by molar-refractivity contribution is 5.92. The maximum absolute atomic E-state index is 12.4. The van der Waals surface area contributed by atoms with Gasteiger partial charge in [-0.25, -0.2) is 0 Å². The number of aromatic nitrogens is 3. The molecule has 1 aromatic carbocycles. The summed E-state index contributed by atoms with van der Waals surface area (Å²) in [7, 11) is 0. The number of pyridine rings is 1. The van der Waals surface area contributed by atoms with E-state index in [0.717, 1.165) is 48.7 Å². The predicted molar refractivity (Wildman–Crippen MR) is 106 cm³/mol. The van der Waals surface area contributed by atoms with Crippen LogP contribution in [0.4, 0.5) is 5.69 Å². The minimum Gasteiger partial charge on any atom is -0.325 e. The van der Waals surface area contributed by atoms with Gasteiger partial charge in [0.15, 0.2) is 5.65 Å². The fourth-order valence-electron chi connectivity index (χ4n) is 3.74. The number of carbonyl (C=O) groups is 1. The van der Waals surface area contributed by atoms with Gasteiger partial charge in [-0.15, -0.1) is 10.2 Å². The van der Waals surface area contributed by atoms with Crippen LogP contribution >= 0.6 is 0 Å². The van der Waals surface area contributed by atoms with Crippen LogP contribution in [-0.4, -0.2) is 45.0 Å². The third kappa shape index (κ3) is 3.85.